The van der Waals surface area contributed by atoms with E-state index in [1.54, 1.807) is 0 Å². The molecule has 1 unspecified atom stereocenters. The Morgan fingerprint density at radius 1 is 1.19 bits per heavy atom. The summed E-state index contributed by atoms with van der Waals surface area (Å²) < 4.78 is 2.01. The van der Waals surface area contributed by atoms with Crippen LogP contribution in [-0.4, -0.2) is 46.1 Å². The number of carbonyl (C=O) groups excluding carboxylic acids is 2. The van der Waals surface area contributed by atoms with Gasteiger partial charge in [-0.3, -0.25) is 14.3 Å². The number of nitrogens with one attached hydrogen (secondary N) is 2. The molecule has 7 nitrogen and oxygen atoms in total. The minimum atomic E-state index is 0. The minimum Gasteiger partial charge on any atom is -0.350 e. The van der Waals surface area contributed by atoms with E-state index in [9.17, 15) is 9.59 Å². The molecule has 0 aromatic carbocycles. The lowest BCUT2D eigenvalue weighted by molar-refractivity contribution is -0.138. The van der Waals surface area contributed by atoms with Crippen molar-refractivity contribution in [1.82, 2.24) is 25.3 Å². The highest BCUT2D eigenvalue weighted by atomic mass is 35.5. The van der Waals surface area contributed by atoms with Gasteiger partial charge in [0.1, 0.15) is 0 Å². The van der Waals surface area contributed by atoms with Gasteiger partial charge in [-0.1, -0.05) is 6.42 Å². The third kappa shape index (κ3) is 4.04. The van der Waals surface area contributed by atoms with Crippen LogP contribution in [0.4, 0.5) is 0 Å². The predicted octanol–water partition coefficient (Wildman–Crippen LogP) is 1.06. The highest BCUT2D eigenvalue weighted by Crippen LogP contribution is 2.29. The molecule has 0 radical (unpaired) electrons. The van der Waals surface area contributed by atoms with Crippen molar-refractivity contribution in [3.05, 3.63) is 17.5 Å². The first-order valence-corrected chi connectivity index (χ1v) is 9.53. The third-order valence-corrected chi connectivity index (χ3v) is 5.71. The SMILES string of the molecule is Cl.O=C(NCc1cc2n(n1)CCCN(C(=O)C1CCC1)C2)C1CCNC1. The summed E-state index contributed by atoms with van der Waals surface area (Å²) in [4.78, 5) is 26.7. The summed E-state index contributed by atoms with van der Waals surface area (Å²) in [5, 5.41) is 10.8. The van der Waals surface area contributed by atoms with Crippen molar-refractivity contribution in [2.75, 3.05) is 19.6 Å². The molecular formula is C18H28ClN5O2. The van der Waals surface area contributed by atoms with Crippen LogP contribution >= 0.6 is 12.4 Å². The van der Waals surface area contributed by atoms with Crippen LogP contribution < -0.4 is 10.6 Å². The zero-order chi connectivity index (χ0) is 17.2. The summed E-state index contributed by atoms with van der Waals surface area (Å²) in [5.41, 5.74) is 1.96. The van der Waals surface area contributed by atoms with Crippen LogP contribution in [0.3, 0.4) is 0 Å². The smallest absolute Gasteiger partial charge is 0.226 e. The Bertz CT molecular complexity index is 652. The van der Waals surface area contributed by atoms with Crippen LogP contribution in [0.25, 0.3) is 0 Å². The molecule has 1 atom stereocenters. The summed E-state index contributed by atoms with van der Waals surface area (Å²) in [5.74, 6) is 0.740. The van der Waals surface area contributed by atoms with Gasteiger partial charge in [-0.05, 0) is 38.3 Å². The van der Waals surface area contributed by atoms with E-state index in [-0.39, 0.29) is 30.2 Å². The molecule has 3 aliphatic rings. The van der Waals surface area contributed by atoms with Crippen molar-refractivity contribution in [2.45, 2.75) is 51.7 Å². The molecular weight excluding hydrogens is 354 g/mol. The van der Waals surface area contributed by atoms with Gasteiger partial charge >= 0.3 is 0 Å². The average molecular weight is 382 g/mol. The monoisotopic (exact) mass is 381 g/mol. The van der Waals surface area contributed by atoms with E-state index in [0.29, 0.717) is 19.0 Å². The van der Waals surface area contributed by atoms with Gasteiger partial charge in [0, 0.05) is 25.6 Å². The first-order chi connectivity index (χ1) is 12.2. The topological polar surface area (TPSA) is 79.3 Å². The lowest BCUT2D eigenvalue weighted by atomic mass is 9.84. The molecule has 144 valence electrons. The first kappa shape index (κ1) is 19.2. The van der Waals surface area contributed by atoms with E-state index in [1.165, 1.54) is 6.42 Å². The van der Waals surface area contributed by atoms with Gasteiger partial charge in [0.15, 0.2) is 0 Å². The Morgan fingerprint density at radius 2 is 2.04 bits per heavy atom. The third-order valence-electron chi connectivity index (χ3n) is 5.71. The molecule has 2 fully saturated rings. The maximum atomic E-state index is 12.5. The van der Waals surface area contributed by atoms with Gasteiger partial charge in [-0.2, -0.15) is 5.10 Å². The number of rotatable bonds is 4. The normalized spacial score (nSPS) is 22.8. The minimum absolute atomic E-state index is 0. The van der Waals surface area contributed by atoms with E-state index in [0.717, 1.165) is 63.3 Å². The molecule has 0 spiro atoms. The van der Waals surface area contributed by atoms with Crippen molar-refractivity contribution in [3.63, 3.8) is 0 Å². The van der Waals surface area contributed by atoms with Crippen LogP contribution in [0.1, 0.15) is 43.5 Å². The number of nitrogens with zero attached hydrogens (tertiary/aromatic N) is 3. The second-order valence-corrected chi connectivity index (χ2v) is 7.50. The second kappa shape index (κ2) is 8.39. The fourth-order valence-electron chi connectivity index (χ4n) is 3.91. The number of aromatic nitrogens is 2. The van der Waals surface area contributed by atoms with Gasteiger partial charge in [0.05, 0.1) is 30.4 Å². The number of hydrogen-bond donors (Lipinski definition) is 2. The molecule has 1 aromatic heterocycles. The molecule has 2 N–H and O–H groups in total. The maximum absolute atomic E-state index is 12.5. The zero-order valence-corrected chi connectivity index (χ0v) is 15.9. The standard InChI is InChI=1S/C18H27N5O2.ClH/c24-17(14-5-6-19-10-14)20-11-15-9-16-12-22(7-2-8-23(16)21-15)18(25)13-3-1-4-13;/h9,13-14,19H,1-8,10-12H2,(H,20,24);1H. The lowest BCUT2D eigenvalue weighted by Gasteiger charge is -2.30. The molecule has 1 saturated heterocycles. The van der Waals surface area contributed by atoms with Crippen molar-refractivity contribution >= 4 is 24.2 Å². The number of fused-ring (bicyclic) bond motifs is 1. The molecule has 8 heteroatoms. The molecule has 1 saturated carbocycles. The van der Waals surface area contributed by atoms with E-state index in [4.69, 9.17) is 0 Å². The molecule has 26 heavy (non-hydrogen) atoms. The number of halogens is 1. The summed E-state index contributed by atoms with van der Waals surface area (Å²) in [6.07, 6.45) is 5.11. The molecule has 1 aliphatic carbocycles. The summed E-state index contributed by atoms with van der Waals surface area (Å²) in [6, 6.07) is 2.04. The molecule has 3 heterocycles. The maximum Gasteiger partial charge on any atom is 0.226 e. The van der Waals surface area contributed by atoms with E-state index < -0.39 is 0 Å². The Kier molecular flexibility index (Phi) is 6.19. The molecule has 0 bridgehead atoms. The van der Waals surface area contributed by atoms with Gasteiger partial charge < -0.3 is 15.5 Å². The van der Waals surface area contributed by atoms with Crippen molar-refractivity contribution in [2.24, 2.45) is 11.8 Å². The number of hydrogen-bond acceptors (Lipinski definition) is 4. The largest absolute Gasteiger partial charge is 0.350 e. The Labute approximate surface area is 160 Å². The number of aryl methyl sites for hydroxylation is 1. The predicted molar refractivity (Wildman–Crippen MR) is 99.7 cm³/mol. The van der Waals surface area contributed by atoms with Crippen molar-refractivity contribution in [3.8, 4) is 0 Å². The van der Waals surface area contributed by atoms with Crippen LogP contribution in [0.15, 0.2) is 6.07 Å². The summed E-state index contributed by atoms with van der Waals surface area (Å²) in [6.45, 7) is 4.45. The van der Waals surface area contributed by atoms with E-state index >= 15 is 0 Å². The molecule has 4 rings (SSSR count). The first-order valence-electron chi connectivity index (χ1n) is 9.53. The van der Waals surface area contributed by atoms with E-state index in [2.05, 4.69) is 15.7 Å². The van der Waals surface area contributed by atoms with Gasteiger partial charge in [0.2, 0.25) is 11.8 Å². The van der Waals surface area contributed by atoms with Gasteiger partial charge in [-0.25, -0.2) is 0 Å². The fraction of sp³-hybridized carbons (Fsp3) is 0.722. The quantitative estimate of drug-likeness (QED) is 0.817. The summed E-state index contributed by atoms with van der Waals surface area (Å²) in [7, 11) is 0. The average Bonchev–Trinajstić information content (AvgIpc) is 3.17. The highest BCUT2D eigenvalue weighted by molar-refractivity contribution is 5.85. The Morgan fingerprint density at radius 3 is 2.73 bits per heavy atom. The lowest BCUT2D eigenvalue weighted by Crippen LogP contribution is -2.38. The summed E-state index contributed by atoms with van der Waals surface area (Å²) >= 11 is 0. The van der Waals surface area contributed by atoms with E-state index in [1.807, 2.05) is 15.6 Å². The van der Waals surface area contributed by atoms with Crippen LogP contribution in [0, 0.1) is 11.8 Å². The number of carbonyl (C=O) groups is 2. The van der Waals surface area contributed by atoms with Gasteiger partial charge in [-0.15, -0.1) is 12.4 Å². The fourth-order valence-corrected chi connectivity index (χ4v) is 3.91. The molecule has 2 aliphatic heterocycles. The van der Waals surface area contributed by atoms with Gasteiger partial charge in [0.25, 0.3) is 0 Å². The Hall–Kier alpha value is -1.60. The second-order valence-electron chi connectivity index (χ2n) is 7.50. The molecule has 2 amide bonds. The van der Waals surface area contributed by atoms with Crippen LogP contribution in [0.2, 0.25) is 0 Å². The molecule has 1 aromatic rings. The van der Waals surface area contributed by atoms with Crippen LogP contribution in [-0.2, 0) is 29.2 Å². The van der Waals surface area contributed by atoms with Crippen molar-refractivity contribution in [1.29, 1.82) is 0 Å². The number of amides is 2. The van der Waals surface area contributed by atoms with Crippen molar-refractivity contribution < 1.29 is 9.59 Å². The zero-order valence-electron chi connectivity index (χ0n) is 15.1. The highest BCUT2D eigenvalue weighted by Gasteiger charge is 2.31. The Balaban J connectivity index is 0.00000196. The van der Waals surface area contributed by atoms with Crippen LogP contribution in [0.5, 0.6) is 0 Å².